The van der Waals surface area contributed by atoms with Crippen LogP contribution in [0.1, 0.15) is 38.1 Å². The zero-order valence-corrected chi connectivity index (χ0v) is 15.8. The largest absolute Gasteiger partial charge is 0.504 e. The van der Waals surface area contributed by atoms with Crippen LogP contribution >= 0.6 is 11.3 Å². The van der Waals surface area contributed by atoms with Crippen LogP contribution in [0.3, 0.4) is 0 Å². The van der Waals surface area contributed by atoms with Gasteiger partial charge in [0.2, 0.25) is 0 Å². The molecule has 27 heavy (non-hydrogen) atoms. The second-order valence-corrected chi connectivity index (χ2v) is 6.65. The van der Waals surface area contributed by atoms with Crippen LogP contribution in [0.5, 0.6) is 11.5 Å². The van der Waals surface area contributed by atoms with E-state index < -0.39 is 36.0 Å². The zero-order valence-electron chi connectivity index (χ0n) is 15.0. The van der Waals surface area contributed by atoms with Gasteiger partial charge in [-0.1, -0.05) is 6.07 Å². The normalized spacial score (nSPS) is 10.3. The van der Waals surface area contributed by atoms with Gasteiger partial charge in [-0.05, 0) is 44.0 Å². The van der Waals surface area contributed by atoms with Crippen LogP contribution in [0, 0.1) is 13.8 Å². The Balaban J connectivity index is 1.97. The van der Waals surface area contributed by atoms with Crippen molar-refractivity contribution in [2.75, 3.05) is 18.5 Å². The molecule has 0 aliphatic carbocycles. The lowest BCUT2D eigenvalue weighted by molar-refractivity contribution is -0.119. The molecule has 0 spiro atoms. The van der Waals surface area contributed by atoms with Gasteiger partial charge in [0.1, 0.15) is 10.4 Å². The van der Waals surface area contributed by atoms with E-state index in [1.165, 1.54) is 12.1 Å². The summed E-state index contributed by atoms with van der Waals surface area (Å²) < 4.78 is 9.78. The van der Waals surface area contributed by atoms with E-state index in [4.69, 9.17) is 9.47 Å². The number of phenolic OH excluding ortho intramolecular Hbond substituents is 2. The van der Waals surface area contributed by atoms with Crippen LogP contribution in [-0.4, -0.2) is 41.3 Å². The van der Waals surface area contributed by atoms with Crippen molar-refractivity contribution in [3.05, 3.63) is 39.8 Å². The Morgan fingerprint density at radius 2 is 1.74 bits per heavy atom. The molecule has 1 heterocycles. The molecule has 0 bridgehead atoms. The average Bonchev–Trinajstić information content (AvgIpc) is 2.98. The summed E-state index contributed by atoms with van der Waals surface area (Å²) in [4.78, 5) is 36.1. The second kappa shape index (κ2) is 8.54. The van der Waals surface area contributed by atoms with Crippen molar-refractivity contribution in [2.24, 2.45) is 0 Å². The number of esters is 2. The quantitative estimate of drug-likeness (QED) is 0.509. The van der Waals surface area contributed by atoms with Gasteiger partial charge in [-0.15, -0.1) is 11.3 Å². The number of amides is 1. The Morgan fingerprint density at radius 3 is 2.41 bits per heavy atom. The predicted octanol–water partition coefficient (Wildman–Crippen LogP) is 2.75. The van der Waals surface area contributed by atoms with Crippen LogP contribution < -0.4 is 5.32 Å². The number of hydrogen-bond donors (Lipinski definition) is 3. The molecule has 1 aromatic carbocycles. The number of anilines is 1. The van der Waals surface area contributed by atoms with Gasteiger partial charge in [-0.3, -0.25) is 4.79 Å². The number of thiophene rings is 1. The maximum Gasteiger partial charge on any atom is 0.348 e. The molecular weight excluding hydrogens is 374 g/mol. The number of nitrogens with one attached hydrogen (secondary N) is 1. The van der Waals surface area contributed by atoms with Crippen LogP contribution in [0.4, 0.5) is 5.00 Å². The van der Waals surface area contributed by atoms with Gasteiger partial charge in [0.05, 0.1) is 11.6 Å². The summed E-state index contributed by atoms with van der Waals surface area (Å²) in [5, 5.41) is 22.4. The van der Waals surface area contributed by atoms with Gasteiger partial charge in [0, 0.05) is 0 Å². The van der Waals surface area contributed by atoms with E-state index >= 15 is 0 Å². The highest BCUT2D eigenvalue weighted by Gasteiger charge is 2.19. The summed E-state index contributed by atoms with van der Waals surface area (Å²) in [6.45, 7) is 4.62. The number of aromatic hydroxyl groups is 2. The minimum Gasteiger partial charge on any atom is -0.504 e. The molecule has 0 radical (unpaired) electrons. The van der Waals surface area contributed by atoms with Crippen molar-refractivity contribution in [3.63, 3.8) is 0 Å². The van der Waals surface area contributed by atoms with Gasteiger partial charge in [0.25, 0.3) is 5.91 Å². The van der Waals surface area contributed by atoms with Gasteiger partial charge in [-0.2, -0.15) is 0 Å². The number of phenols is 2. The van der Waals surface area contributed by atoms with Gasteiger partial charge >= 0.3 is 11.9 Å². The fraction of sp³-hybridized carbons (Fsp3) is 0.278. The summed E-state index contributed by atoms with van der Waals surface area (Å²) in [7, 11) is 0. The van der Waals surface area contributed by atoms with Gasteiger partial charge < -0.3 is 25.0 Å². The van der Waals surface area contributed by atoms with Crippen LogP contribution in [0.25, 0.3) is 0 Å². The van der Waals surface area contributed by atoms with Crippen molar-refractivity contribution in [1.82, 2.24) is 0 Å². The van der Waals surface area contributed by atoms with E-state index in [0.717, 1.165) is 11.3 Å². The molecule has 2 rings (SSSR count). The molecule has 9 heteroatoms. The summed E-state index contributed by atoms with van der Waals surface area (Å²) >= 11 is 1.05. The average molecular weight is 393 g/mol. The highest BCUT2D eigenvalue weighted by Crippen LogP contribution is 2.32. The first-order valence-electron chi connectivity index (χ1n) is 8.00. The molecule has 0 atom stereocenters. The van der Waals surface area contributed by atoms with Crippen molar-refractivity contribution < 1.29 is 34.1 Å². The first kappa shape index (κ1) is 20.2. The maximum absolute atomic E-state index is 12.0. The van der Waals surface area contributed by atoms with E-state index in [9.17, 15) is 24.6 Å². The summed E-state index contributed by atoms with van der Waals surface area (Å²) in [6, 6.07) is 4.34. The summed E-state index contributed by atoms with van der Waals surface area (Å²) in [6.07, 6.45) is 0. The molecule has 0 aliphatic heterocycles. The topological polar surface area (TPSA) is 122 Å². The van der Waals surface area contributed by atoms with Crippen molar-refractivity contribution in [3.8, 4) is 11.5 Å². The third-order valence-electron chi connectivity index (χ3n) is 3.55. The minimum absolute atomic E-state index is 0.245. The molecule has 2 aromatic rings. The number of benzene rings is 1. The number of rotatable bonds is 6. The SMILES string of the molecule is CCOC(=O)c1sc(NC(=O)COC(=O)c2ccc(C)c(O)c2O)cc1C. The number of ether oxygens (including phenoxy) is 2. The Morgan fingerprint density at radius 1 is 1.04 bits per heavy atom. The molecule has 8 nitrogen and oxygen atoms in total. The Kier molecular flexibility index (Phi) is 6.40. The molecule has 0 unspecified atom stereocenters. The number of aryl methyl sites for hydroxylation is 2. The number of carbonyl (C=O) groups is 3. The monoisotopic (exact) mass is 393 g/mol. The number of hydrogen-bond acceptors (Lipinski definition) is 8. The molecule has 0 fully saturated rings. The number of carbonyl (C=O) groups excluding carboxylic acids is 3. The molecule has 0 saturated heterocycles. The zero-order chi connectivity index (χ0) is 20.1. The standard InChI is InChI=1S/C18H19NO7S/c1-4-25-18(24)16-10(3)7-13(27-16)19-12(20)8-26-17(23)11-6-5-9(2)14(21)15(11)22/h5-7,21-22H,4,8H2,1-3H3,(H,19,20). The Hall–Kier alpha value is -3.07. The van der Waals surface area contributed by atoms with Crippen molar-refractivity contribution >= 4 is 34.2 Å². The molecular formula is C18H19NO7S. The third-order valence-corrected chi connectivity index (χ3v) is 4.68. The molecule has 3 N–H and O–H groups in total. The van der Waals surface area contributed by atoms with Crippen molar-refractivity contribution in [2.45, 2.75) is 20.8 Å². The first-order valence-corrected chi connectivity index (χ1v) is 8.82. The smallest absolute Gasteiger partial charge is 0.348 e. The summed E-state index contributed by atoms with van der Waals surface area (Å²) in [5.41, 5.74) is 0.806. The van der Waals surface area contributed by atoms with Crippen LogP contribution in [-0.2, 0) is 14.3 Å². The van der Waals surface area contributed by atoms with Crippen molar-refractivity contribution in [1.29, 1.82) is 0 Å². The minimum atomic E-state index is -0.951. The van der Waals surface area contributed by atoms with E-state index in [1.807, 2.05) is 0 Å². The van der Waals surface area contributed by atoms with Gasteiger partial charge in [0.15, 0.2) is 18.1 Å². The lowest BCUT2D eigenvalue weighted by Gasteiger charge is -2.08. The third kappa shape index (κ3) is 4.76. The second-order valence-electron chi connectivity index (χ2n) is 5.59. The summed E-state index contributed by atoms with van der Waals surface area (Å²) in [5.74, 6) is -3.06. The fourth-order valence-electron chi connectivity index (χ4n) is 2.17. The molecule has 1 aromatic heterocycles. The first-order chi connectivity index (χ1) is 12.7. The molecule has 0 saturated carbocycles. The maximum atomic E-state index is 12.0. The predicted molar refractivity (Wildman–Crippen MR) is 98.4 cm³/mol. The Bertz CT molecular complexity index is 888. The highest BCUT2D eigenvalue weighted by molar-refractivity contribution is 7.18. The fourth-order valence-corrected chi connectivity index (χ4v) is 3.15. The van der Waals surface area contributed by atoms with Crippen LogP contribution in [0.2, 0.25) is 0 Å². The molecule has 144 valence electrons. The Labute approximate surface area is 159 Å². The molecule has 1 amide bonds. The van der Waals surface area contributed by atoms with Gasteiger partial charge in [-0.25, -0.2) is 9.59 Å². The van der Waals surface area contributed by atoms with E-state index in [1.54, 1.807) is 26.8 Å². The van der Waals surface area contributed by atoms with Crippen LogP contribution in [0.15, 0.2) is 18.2 Å². The van der Waals surface area contributed by atoms with E-state index in [2.05, 4.69) is 5.32 Å². The molecule has 0 aliphatic rings. The lowest BCUT2D eigenvalue weighted by Crippen LogP contribution is -2.20. The highest BCUT2D eigenvalue weighted by atomic mass is 32.1. The van der Waals surface area contributed by atoms with E-state index in [-0.39, 0.29) is 12.2 Å². The lowest BCUT2D eigenvalue weighted by atomic mass is 10.1. The van der Waals surface area contributed by atoms with E-state index in [0.29, 0.717) is 21.0 Å².